The number of anilines is 1. The maximum atomic E-state index is 12.4. The Hall–Kier alpha value is -1.24. The zero-order valence-electron chi connectivity index (χ0n) is 10.9. The van der Waals surface area contributed by atoms with E-state index in [-0.39, 0.29) is 15.7 Å². The molecule has 2 N–H and O–H groups in total. The van der Waals surface area contributed by atoms with Crippen molar-refractivity contribution in [2.45, 2.75) is 17.6 Å². The Kier molecular flexibility index (Phi) is 4.00. The van der Waals surface area contributed by atoms with Crippen LogP contribution in [-0.4, -0.2) is 18.2 Å². The zero-order valence-corrected chi connectivity index (χ0v) is 13.2. The number of nitrogens with two attached hydrogens (primary N) is 1. The molecule has 5 nitrogen and oxygen atoms in total. The number of sulfone groups is 1. The molecule has 0 bridgehead atoms. The van der Waals surface area contributed by atoms with Crippen LogP contribution in [0.25, 0.3) is 0 Å². The molecule has 0 radical (unpaired) electrons. The van der Waals surface area contributed by atoms with Crippen LogP contribution in [0.15, 0.2) is 23.1 Å². The van der Waals surface area contributed by atoms with E-state index in [1.807, 2.05) is 0 Å². The summed E-state index contributed by atoms with van der Waals surface area (Å²) in [4.78, 5) is 0.107. The lowest BCUT2D eigenvalue weighted by atomic mass is 10.3. The molecule has 0 spiro atoms. The minimum atomic E-state index is -3.56. The maximum Gasteiger partial charge on any atom is 0.182 e. The summed E-state index contributed by atoms with van der Waals surface area (Å²) in [5, 5.41) is 4.62. The standard InChI is InChI=1S/C12H13Cl2N3O2S/c1-7-9(12(14)17(2)16-7)6-20(18,19)8-3-4-11(15)10(13)5-8/h3-5H,6,15H2,1-2H3. The first kappa shape index (κ1) is 15.2. The quantitative estimate of drug-likeness (QED) is 0.875. The minimum absolute atomic E-state index is 0.107. The lowest BCUT2D eigenvalue weighted by Crippen LogP contribution is -2.06. The van der Waals surface area contributed by atoms with E-state index in [4.69, 9.17) is 28.9 Å². The van der Waals surface area contributed by atoms with Gasteiger partial charge in [-0.1, -0.05) is 23.2 Å². The van der Waals surface area contributed by atoms with Crippen LogP contribution in [0.1, 0.15) is 11.3 Å². The van der Waals surface area contributed by atoms with E-state index >= 15 is 0 Å². The van der Waals surface area contributed by atoms with E-state index in [1.165, 1.54) is 22.9 Å². The van der Waals surface area contributed by atoms with E-state index < -0.39 is 9.84 Å². The van der Waals surface area contributed by atoms with Crippen LogP contribution in [0.2, 0.25) is 10.2 Å². The van der Waals surface area contributed by atoms with Crippen molar-refractivity contribution < 1.29 is 8.42 Å². The van der Waals surface area contributed by atoms with Gasteiger partial charge in [0, 0.05) is 12.6 Å². The van der Waals surface area contributed by atoms with Crippen LogP contribution in [0.5, 0.6) is 0 Å². The van der Waals surface area contributed by atoms with Crippen molar-refractivity contribution in [2.75, 3.05) is 5.73 Å². The smallest absolute Gasteiger partial charge is 0.182 e. The Morgan fingerprint density at radius 1 is 1.35 bits per heavy atom. The molecular weight excluding hydrogens is 321 g/mol. The molecule has 0 saturated heterocycles. The second-order valence-electron chi connectivity index (χ2n) is 4.42. The van der Waals surface area contributed by atoms with Gasteiger partial charge in [-0.15, -0.1) is 0 Å². The van der Waals surface area contributed by atoms with Gasteiger partial charge >= 0.3 is 0 Å². The molecule has 2 rings (SSSR count). The fourth-order valence-corrected chi connectivity index (χ4v) is 3.84. The van der Waals surface area contributed by atoms with Gasteiger partial charge in [0.05, 0.1) is 27.1 Å². The Morgan fingerprint density at radius 3 is 2.50 bits per heavy atom. The van der Waals surface area contributed by atoms with Crippen molar-refractivity contribution >= 4 is 38.7 Å². The molecule has 1 heterocycles. The summed E-state index contributed by atoms with van der Waals surface area (Å²) in [6.45, 7) is 1.71. The highest BCUT2D eigenvalue weighted by Gasteiger charge is 2.22. The van der Waals surface area contributed by atoms with Gasteiger partial charge < -0.3 is 5.73 Å². The maximum absolute atomic E-state index is 12.4. The largest absolute Gasteiger partial charge is 0.398 e. The Labute approximate surface area is 127 Å². The number of benzene rings is 1. The molecule has 0 saturated carbocycles. The fourth-order valence-electron chi connectivity index (χ4n) is 1.81. The molecule has 20 heavy (non-hydrogen) atoms. The van der Waals surface area contributed by atoms with Gasteiger partial charge in [0.15, 0.2) is 9.84 Å². The Balaban J connectivity index is 2.43. The number of nitrogen functional groups attached to an aromatic ring is 1. The van der Waals surface area contributed by atoms with Gasteiger partial charge in [0.1, 0.15) is 5.15 Å². The molecule has 0 aliphatic heterocycles. The molecule has 1 aromatic heterocycles. The summed E-state index contributed by atoms with van der Waals surface area (Å²) in [7, 11) is -1.90. The van der Waals surface area contributed by atoms with Crippen molar-refractivity contribution in [3.63, 3.8) is 0 Å². The first-order valence-corrected chi connectivity index (χ1v) is 8.09. The third-order valence-electron chi connectivity index (χ3n) is 2.94. The predicted octanol–water partition coefficient (Wildman–Crippen LogP) is 2.59. The molecular formula is C12H13Cl2N3O2S. The van der Waals surface area contributed by atoms with Crippen LogP contribution in [0.3, 0.4) is 0 Å². The van der Waals surface area contributed by atoms with Crippen molar-refractivity contribution in [2.24, 2.45) is 7.05 Å². The summed E-state index contributed by atoms with van der Waals surface area (Å²) >= 11 is 11.9. The molecule has 1 aromatic carbocycles. The number of nitrogens with zero attached hydrogens (tertiary/aromatic N) is 2. The van der Waals surface area contributed by atoms with E-state index in [0.717, 1.165) is 0 Å². The minimum Gasteiger partial charge on any atom is -0.398 e. The fraction of sp³-hybridized carbons (Fsp3) is 0.250. The SMILES string of the molecule is Cc1nn(C)c(Cl)c1CS(=O)(=O)c1ccc(N)c(Cl)c1. The van der Waals surface area contributed by atoms with Crippen molar-refractivity contribution in [3.8, 4) is 0 Å². The zero-order chi connectivity index (χ0) is 15.1. The Bertz CT molecular complexity index is 769. The van der Waals surface area contributed by atoms with Crippen molar-refractivity contribution in [1.82, 2.24) is 9.78 Å². The highest BCUT2D eigenvalue weighted by Crippen LogP contribution is 2.27. The molecule has 0 fully saturated rings. The van der Waals surface area contributed by atoms with Gasteiger partial charge in [0.2, 0.25) is 0 Å². The van der Waals surface area contributed by atoms with Gasteiger partial charge in [0.25, 0.3) is 0 Å². The normalized spacial score (nSPS) is 11.8. The monoisotopic (exact) mass is 333 g/mol. The van der Waals surface area contributed by atoms with Crippen LogP contribution >= 0.6 is 23.2 Å². The lowest BCUT2D eigenvalue weighted by Gasteiger charge is -2.06. The molecule has 0 unspecified atom stereocenters. The summed E-state index contributed by atoms with van der Waals surface area (Å²) in [5.41, 5.74) is 6.98. The highest BCUT2D eigenvalue weighted by molar-refractivity contribution is 7.90. The number of hydrogen-bond donors (Lipinski definition) is 1. The van der Waals surface area contributed by atoms with Crippen LogP contribution in [0.4, 0.5) is 5.69 Å². The molecule has 0 aliphatic carbocycles. The summed E-state index contributed by atoms with van der Waals surface area (Å²) in [6, 6.07) is 4.23. The molecule has 0 atom stereocenters. The second-order valence-corrected chi connectivity index (χ2v) is 7.18. The van der Waals surface area contributed by atoms with E-state index in [0.29, 0.717) is 22.1 Å². The van der Waals surface area contributed by atoms with E-state index in [1.54, 1.807) is 14.0 Å². The summed E-state index contributed by atoms with van der Waals surface area (Å²) in [6.07, 6.45) is 0. The van der Waals surface area contributed by atoms with Crippen molar-refractivity contribution in [3.05, 3.63) is 39.6 Å². The number of rotatable bonds is 3. The average Bonchev–Trinajstić information content (AvgIpc) is 2.59. The van der Waals surface area contributed by atoms with Gasteiger partial charge in [-0.2, -0.15) is 5.10 Å². The van der Waals surface area contributed by atoms with Gasteiger partial charge in [-0.25, -0.2) is 8.42 Å². The van der Waals surface area contributed by atoms with Crippen LogP contribution in [0, 0.1) is 6.92 Å². The van der Waals surface area contributed by atoms with Gasteiger partial charge in [-0.05, 0) is 25.1 Å². The Morgan fingerprint density at radius 2 is 2.00 bits per heavy atom. The number of aryl methyl sites for hydroxylation is 2. The third-order valence-corrected chi connectivity index (χ3v) is 5.38. The number of halogens is 2. The van der Waals surface area contributed by atoms with Gasteiger partial charge in [-0.3, -0.25) is 4.68 Å². The van der Waals surface area contributed by atoms with Crippen molar-refractivity contribution in [1.29, 1.82) is 0 Å². The van der Waals surface area contributed by atoms with E-state index in [9.17, 15) is 8.42 Å². The third kappa shape index (κ3) is 2.77. The summed E-state index contributed by atoms with van der Waals surface area (Å²) < 4.78 is 26.2. The topological polar surface area (TPSA) is 78.0 Å². The lowest BCUT2D eigenvalue weighted by molar-refractivity contribution is 0.595. The molecule has 2 aromatic rings. The summed E-state index contributed by atoms with van der Waals surface area (Å²) in [5.74, 6) is -0.230. The first-order chi connectivity index (χ1) is 9.22. The molecule has 8 heteroatoms. The first-order valence-electron chi connectivity index (χ1n) is 5.68. The predicted molar refractivity (Wildman–Crippen MR) is 79.7 cm³/mol. The average molecular weight is 334 g/mol. The van der Waals surface area contributed by atoms with Crippen LogP contribution in [-0.2, 0) is 22.6 Å². The number of aromatic nitrogens is 2. The highest BCUT2D eigenvalue weighted by atomic mass is 35.5. The molecule has 0 aliphatic rings. The van der Waals surface area contributed by atoms with Crippen LogP contribution < -0.4 is 5.73 Å². The second kappa shape index (κ2) is 5.27. The van der Waals surface area contributed by atoms with E-state index in [2.05, 4.69) is 5.10 Å². The molecule has 0 amide bonds. The number of hydrogen-bond acceptors (Lipinski definition) is 4. The molecule has 108 valence electrons.